The fraction of sp³-hybridized carbons (Fsp3) is 0.273. The third-order valence-corrected chi connectivity index (χ3v) is 1.70. The summed E-state index contributed by atoms with van der Waals surface area (Å²) in [6, 6.07) is 3.49. The summed E-state index contributed by atoms with van der Waals surface area (Å²) >= 11 is 0. The van der Waals surface area contributed by atoms with Gasteiger partial charge in [-0.05, 0) is 18.6 Å². The van der Waals surface area contributed by atoms with Gasteiger partial charge in [-0.3, -0.25) is 4.79 Å². The Labute approximate surface area is 83.6 Å². The van der Waals surface area contributed by atoms with Crippen molar-refractivity contribution >= 4 is 11.7 Å². The number of carbonyl (C=O) groups is 1. The molecule has 0 atom stereocenters. The summed E-state index contributed by atoms with van der Waals surface area (Å²) < 4.78 is 0. The van der Waals surface area contributed by atoms with Crippen molar-refractivity contribution in [2.45, 2.75) is 19.8 Å². The van der Waals surface area contributed by atoms with E-state index >= 15 is 0 Å². The fourth-order valence-electron chi connectivity index (χ4n) is 1.04. The van der Waals surface area contributed by atoms with E-state index < -0.39 is 0 Å². The van der Waals surface area contributed by atoms with Crippen LogP contribution in [0.4, 0.5) is 5.82 Å². The van der Waals surface area contributed by atoms with Crippen LogP contribution in [-0.4, -0.2) is 10.9 Å². The highest BCUT2D eigenvalue weighted by molar-refractivity contribution is 5.90. The number of terminal acetylenes is 1. The summed E-state index contributed by atoms with van der Waals surface area (Å²) in [4.78, 5) is 15.3. The van der Waals surface area contributed by atoms with E-state index in [4.69, 9.17) is 6.42 Å². The number of hydrogen-bond acceptors (Lipinski definition) is 2. The number of nitrogens with zero attached hydrogens (tertiary/aromatic N) is 1. The van der Waals surface area contributed by atoms with E-state index in [2.05, 4.69) is 16.2 Å². The van der Waals surface area contributed by atoms with E-state index in [0.29, 0.717) is 17.8 Å². The Hall–Kier alpha value is -1.82. The second-order valence-electron chi connectivity index (χ2n) is 2.84. The van der Waals surface area contributed by atoms with Crippen LogP contribution in [-0.2, 0) is 4.79 Å². The highest BCUT2D eigenvalue weighted by atomic mass is 16.1. The Kier molecular flexibility index (Phi) is 3.69. The first-order valence-corrected chi connectivity index (χ1v) is 4.49. The van der Waals surface area contributed by atoms with Gasteiger partial charge in [-0.25, -0.2) is 4.98 Å². The molecule has 0 saturated carbocycles. The lowest BCUT2D eigenvalue weighted by atomic mass is 10.2. The van der Waals surface area contributed by atoms with Crippen molar-refractivity contribution in [3.63, 3.8) is 0 Å². The van der Waals surface area contributed by atoms with Crippen LogP contribution in [0.5, 0.6) is 0 Å². The average Bonchev–Trinajstić information content (AvgIpc) is 2.19. The largest absolute Gasteiger partial charge is 0.310 e. The van der Waals surface area contributed by atoms with Crippen molar-refractivity contribution < 1.29 is 4.79 Å². The van der Waals surface area contributed by atoms with Gasteiger partial charge in [0.25, 0.3) is 0 Å². The smallest absolute Gasteiger partial charge is 0.225 e. The van der Waals surface area contributed by atoms with E-state index in [1.54, 1.807) is 18.3 Å². The summed E-state index contributed by atoms with van der Waals surface area (Å²) in [7, 11) is 0. The molecule has 0 fully saturated rings. The molecule has 0 spiro atoms. The Morgan fingerprint density at radius 3 is 3.14 bits per heavy atom. The van der Waals surface area contributed by atoms with Gasteiger partial charge in [-0.1, -0.05) is 12.8 Å². The molecule has 0 unspecified atom stereocenters. The minimum atomic E-state index is -0.0531. The molecule has 0 bridgehead atoms. The molecule has 0 radical (unpaired) electrons. The van der Waals surface area contributed by atoms with Crippen LogP contribution in [0.3, 0.4) is 0 Å². The monoisotopic (exact) mass is 188 g/mol. The second kappa shape index (κ2) is 5.03. The normalized spacial score (nSPS) is 9.14. The molecule has 1 rings (SSSR count). The van der Waals surface area contributed by atoms with Gasteiger partial charge >= 0.3 is 0 Å². The molecule has 1 aromatic heterocycles. The molecule has 0 aliphatic heterocycles. The standard InChI is InChI=1S/C11H12N2O/c1-3-6-10(14)13-11-9(4-2)7-5-8-12-11/h2,5,7-8H,3,6H2,1H3,(H,12,13,14). The molecule has 1 amide bonds. The second-order valence-corrected chi connectivity index (χ2v) is 2.84. The Morgan fingerprint density at radius 1 is 1.71 bits per heavy atom. The van der Waals surface area contributed by atoms with Crippen molar-refractivity contribution in [3.8, 4) is 12.3 Å². The maximum Gasteiger partial charge on any atom is 0.225 e. The number of anilines is 1. The minimum absolute atomic E-state index is 0.0531. The van der Waals surface area contributed by atoms with Gasteiger partial charge in [-0.2, -0.15) is 0 Å². The highest BCUT2D eigenvalue weighted by Gasteiger charge is 2.04. The molecule has 0 aliphatic carbocycles. The van der Waals surface area contributed by atoms with Gasteiger partial charge in [0.05, 0.1) is 5.56 Å². The number of pyridine rings is 1. The minimum Gasteiger partial charge on any atom is -0.310 e. The lowest BCUT2D eigenvalue weighted by Gasteiger charge is -2.04. The number of hydrogen-bond donors (Lipinski definition) is 1. The zero-order chi connectivity index (χ0) is 10.4. The number of amides is 1. The lowest BCUT2D eigenvalue weighted by molar-refractivity contribution is -0.116. The number of rotatable bonds is 3. The fourth-order valence-corrected chi connectivity index (χ4v) is 1.04. The van der Waals surface area contributed by atoms with Crippen LogP contribution in [0.15, 0.2) is 18.3 Å². The number of nitrogens with one attached hydrogen (secondary N) is 1. The summed E-state index contributed by atoms with van der Waals surface area (Å²) in [6.07, 6.45) is 8.15. The molecule has 72 valence electrons. The van der Waals surface area contributed by atoms with Crippen LogP contribution in [0.25, 0.3) is 0 Å². The highest BCUT2D eigenvalue weighted by Crippen LogP contribution is 2.09. The Morgan fingerprint density at radius 2 is 2.50 bits per heavy atom. The molecule has 14 heavy (non-hydrogen) atoms. The molecular formula is C11H12N2O. The Bertz CT molecular complexity index is 366. The number of aromatic nitrogens is 1. The van der Waals surface area contributed by atoms with Crippen molar-refractivity contribution in [1.82, 2.24) is 4.98 Å². The third-order valence-electron chi connectivity index (χ3n) is 1.70. The SMILES string of the molecule is C#Cc1cccnc1NC(=O)CCC. The quantitative estimate of drug-likeness (QED) is 0.735. The van der Waals surface area contributed by atoms with Crippen LogP contribution >= 0.6 is 0 Å². The summed E-state index contributed by atoms with van der Waals surface area (Å²) in [6.45, 7) is 1.94. The zero-order valence-corrected chi connectivity index (χ0v) is 8.08. The van der Waals surface area contributed by atoms with Gasteiger partial charge in [-0.15, -0.1) is 6.42 Å². The van der Waals surface area contributed by atoms with Gasteiger partial charge in [0.2, 0.25) is 5.91 Å². The van der Waals surface area contributed by atoms with E-state index in [0.717, 1.165) is 6.42 Å². The van der Waals surface area contributed by atoms with Gasteiger partial charge in [0.15, 0.2) is 0 Å². The molecule has 1 N–H and O–H groups in total. The van der Waals surface area contributed by atoms with Crippen molar-refractivity contribution in [2.75, 3.05) is 5.32 Å². The van der Waals surface area contributed by atoms with Gasteiger partial charge in [0.1, 0.15) is 5.82 Å². The van der Waals surface area contributed by atoms with E-state index in [1.807, 2.05) is 6.92 Å². The third kappa shape index (κ3) is 2.60. The van der Waals surface area contributed by atoms with E-state index in [9.17, 15) is 4.79 Å². The topological polar surface area (TPSA) is 42.0 Å². The van der Waals surface area contributed by atoms with Crippen LogP contribution in [0.1, 0.15) is 25.3 Å². The molecule has 0 aliphatic rings. The first kappa shape index (κ1) is 10.3. The van der Waals surface area contributed by atoms with Crippen molar-refractivity contribution in [2.24, 2.45) is 0 Å². The average molecular weight is 188 g/mol. The van der Waals surface area contributed by atoms with Gasteiger partial charge in [0, 0.05) is 12.6 Å². The van der Waals surface area contributed by atoms with E-state index in [-0.39, 0.29) is 5.91 Å². The summed E-state index contributed by atoms with van der Waals surface area (Å²) in [5.74, 6) is 2.88. The van der Waals surface area contributed by atoms with Crippen LogP contribution in [0.2, 0.25) is 0 Å². The Balaban J connectivity index is 2.77. The zero-order valence-electron chi connectivity index (χ0n) is 8.08. The van der Waals surface area contributed by atoms with Crippen LogP contribution in [0, 0.1) is 12.3 Å². The number of carbonyl (C=O) groups excluding carboxylic acids is 1. The van der Waals surface area contributed by atoms with Crippen molar-refractivity contribution in [1.29, 1.82) is 0 Å². The summed E-state index contributed by atoms with van der Waals surface area (Å²) in [5, 5.41) is 2.67. The van der Waals surface area contributed by atoms with Crippen LogP contribution < -0.4 is 5.32 Å². The summed E-state index contributed by atoms with van der Waals surface area (Å²) in [5.41, 5.74) is 0.608. The molecule has 0 aromatic carbocycles. The maximum absolute atomic E-state index is 11.3. The molecule has 1 heterocycles. The predicted octanol–water partition coefficient (Wildman–Crippen LogP) is 1.80. The van der Waals surface area contributed by atoms with Gasteiger partial charge < -0.3 is 5.32 Å². The maximum atomic E-state index is 11.3. The predicted molar refractivity (Wildman–Crippen MR) is 55.7 cm³/mol. The first-order valence-electron chi connectivity index (χ1n) is 4.49. The van der Waals surface area contributed by atoms with E-state index in [1.165, 1.54) is 0 Å². The first-order chi connectivity index (χ1) is 6.77. The molecule has 3 heteroatoms. The lowest BCUT2D eigenvalue weighted by Crippen LogP contribution is -2.12. The molecule has 3 nitrogen and oxygen atoms in total. The van der Waals surface area contributed by atoms with Crippen molar-refractivity contribution in [3.05, 3.63) is 23.9 Å². The molecular weight excluding hydrogens is 176 g/mol. The molecule has 0 saturated heterocycles. The molecule has 1 aromatic rings.